The SMILES string of the molecule is CCN[C@H](C)CNC(=O)C1CSc2ccccc21. The van der Waals surface area contributed by atoms with Crippen molar-refractivity contribution in [2.24, 2.45) is 0 Å². The van der Waals surface area contributed by atoms with E-state index in [1.807, 2.05) is 12.1 Å². The normalized spacial score (nSPS) is 19.3. The number of carbonyl (C=O) groups excluding carboxylic acids is 1. The molecule has 1 aromatic rings. The number of thioether (sulfide) groups is 1. The fraction of sp³-hybridized carbons (Fsp3) is 0.500. The lowest BCUT2D eigenvalue weighted by atomic mass is 10.0. The minimum Gasteiger partial charge on any atom is -0.354 e. The van der Waals surface area contributed by atoms with Gasteiger partial charge in [-0.25, -0.2) is 0 Å². The summed E-state index contributed by atoms with van der Waals surface area (Å²) in [6.07, 6.45) is 0. The van der Waals surface area contributed by atoms with Crippen LogP contribution in [0.4, 0.5) is 0 Å². The molecule has 0 spiro atoms. The van der Waals surface area contributed by atoms with Gasteiger partial charge in [0.25, 0.3) is 0 Å². The van der Waals surface area contributed by atoms with Crippen molar-refractivity contribution in [2.45, 2.75) is 30.7 Å². The number of rotatable bonds is 5. The summed E-state index contributed by atoms with van der Waals surface area (Å²) in [4.78, 5) is 13.4. The molecule has 2 N–H and O–H groups in total. The summed E-state index contributed by atoms with van der Waals surface area (Å²) in [6.45, 7) is 5.78. The molecule has 1 aromatic carbocycles. The van der Waals surface area contributed by atoms with Gasteiger partial charge in [-0.3, -0.25) is 4.79 Å². The van der Waals surface area contributed by atoms with Crippen molar-refractivity contribution < 1.29 is 4.79 Å². The van der Waals surface area contributed by atoms with Gasteiger partial charge in [-0.15, -0.1) is 11.8 Å². The van der Waals surface area contributed by atoms with Gasteiger partial charge in [-0.2, -0.15) is 0 Å². The third kappa shape index (κ3) is 3.06. The number of benzene rings is 1. The van der Waals surface area contributed by atoms with Crippen molar-refractivity contribution in [1.82, 2.24) is 10.6 Å². The smallest absolute Gasteiger partial charge is 0.228 e. The molecule has 1 aliphatic heterocycles. The van der Waals surface area contributed by atoms with Gasteiger partial charge in [0.15, 0.2) is 0 Å². The van der Waals surface area contributed by atoms with Gasteiger partial charge in [0, 0.05) is 23.2 Å². The highest BCUT2D eigenvalue weighted by atomic mass is 32.2. The molecule has 18 heavy (non-hydrogen) atoms. The predicted molar refractivity (Wildman–Crippen MR) is 76.1 cm³/mol. The summed E-state index contributed by atoms with van der Waals surface area (Å²) in [5, 5.41) is 6.33. The fourth-order valence-corrected chi connectivity index (χ4v) is 3.41. The maximum absolute atomic E-state index is 12.2. The number of amides is 1. The van der Waals surface area contributed by atoms with E-state index in [-0.39, 0.29) is 11.8 Å². The van der Waals surface area contributed by atoms with Gasteiger partial charge >= 0.3 is 0 Å². The molecule has 98 valence electrons. The first-order valence-electron chi connectivity index (χ1n) is 6.45. The lowest BCUT2D eigenvalue weighted by molar-refractivity contribution is -0.122. The second-order valence-electron chi connectivity index (χ2n) is 4.61. The van der Waals surface area contributed by atoms with E-state index in [1.165, 1.54) is 10.5 Å². The Morgan fingerprint density at radius 1 is 1.50 bits per heavy atom. The Hall–Kier alpha value is -1.00. The molecule has 0 aromatic heterocycles. The second kappa shape index (κ2) is 6.25. The first kappa shape index (κ1) is 13.4. The largest absolute Gasteiger partial charge is 0.354 e. The Bertz CT molecular complexity index is 422. The number of nitrogens with one attached hydrogen (secondary N) is 2. The van der Waals surface area contributed by atoms with Crippen LogP contribution >= 0.6 is 11.8 Å². The summed E-state index contributed by atoms with van der Waals surface area (Å²) < 4.78 is 0. The molecule has 1 amide bonds. The van der Waals surface area contributed by atoms with E-state index in [2.05, 4.69) is 36.6 Å². The minimum absolute atomic E-state index is 0.0139. The molecule has 1 heterocycles. The summed E-state index contributed by atoms with van der Waals surface area (Å²) in [6, 6.07) is 8.51. The quantitative estimate of drug-likeness (QED) is 0.854. The molecule has 0 fully saturated rings. The average molecular weight is 264 g/mol. The molecule has 0 bridgehead atoms. The number of likely N-dealkylation sites (N-methyl/N-ethyl adjacent to an activating group) is 1. The van der Waals surface area contributed by atoms with Gasteiger partial charge in [-0.05, 0) is 25.1 Å². The van der Waals surface area contributed by atoms with E-state index in [4.69, 9.17) is 0 Å². The van der Waals surface area contributed by atoms with Crippen LogP contribution in [-0.2, 0) is 4.79 Å². The maximum atomic E-state index is 12.2. The molecular formula is C14H20N2OS. The van der Waals surface area contributed by atoms with Crippen LogP contribution in [0.1, 0.15) is 25.3 Å². The van der Waals surface area contributed by atoms with Crippen LogP contribution in [0.25, 0.3) is 0 Å². The number of hydrogen-bond acceptors (Lipinski definition) is 3. The van der Waals surface area contributed by atoms with Gasteiger partial charge in [0.1, 0.15) is 0 Å². The molecule has 0 saturated heterocycles. The minimum atomic E-state index is 0.0139. The molecule has 2 atom stereocenters. The van der Waals surface area contributed by atoms with E-state index in [1.54, 1.807) is 11.8 Å². The van der Waals surface area contributed by atoms with Crippen molar-refractivity contribution in [3.05, 3.63) is 29.8 Å². The monoisotopic (exact) mass is 264 g/mol. The van der Waals surface area contributed by atoms with Gasteiger partial charge in [-0.1, -0.05) is 25.1 Å². The molecular weight excluding hydrogens is 244 g/mol. The van der Waals surface area contributed by atoms with Crippen molar-refractivity contribution >= 4 is 17.7 Å². The van der Waals surface area contributed by atoms with Crippen molar-refractivity contribution in [3.8, 4) is 0 Å². The zero-order valence-electron chi connectivity index (χ0n) is 10.9. The first-order chi connectivity index (χ1) is 8.72. The third-order valence-corrected chi connectivity index (χ3v) is 4.33. The highest BCUT2D eigenvalue weighted by Gasteiger charge is 2.28. The third-order valence-electron chi connectivity index (χ3n) is 3.15. The Balaban J connectivity index is 1.91. The van der Waals surface area contributed by atoms with E-state index < -0.39 is 0 Å². The van der Waals surface area contributed by atoms with Crippen molar-refractivity contribution in [1.29, 1.82) is 0 Å². The van der Waals surface area contributed by atoms with E-state index in [0.29, 0.717) is 12.6 Å². The highest BCUT2D eigenvalue weighted by Crippen LogP contribution is 2.39. The summed E-state index contributed by atoms with van der Waals surface area (Å²) in [5.74, 6) is 1.03. The van der Waals surface area contributed by atoms with Gasteiger partial charge in [0.2, 0.25) is 5.91 Å². The van der Waals surface area contributed by atoms with Crippen LogP contribution < -0.4 is 10.6 Å². The summed E-state index contributed by atoms with van der Waals surface area (Å²) in [7, 11) is 0. The van der Waals surface area contributed by atoms with E-state index in [9.17, 15) is 4.79 Å². The number of carbonyl (C=O) groups is 1. The molecule has 1 aliphatic rings. The van der Waals surface area contributed by atoms with Crippen LogP contribution in [0.5, 0.6) is 0 Å². The van der Waals surface area contributed by atoms with E-state index >= 15 is 0 Å². The zero-order valence-corrected chi connectivity index (χ0v) is 11.7. The molecule has 0 radical (unpaired) electrons. The van der Waals surface area contributed by atoms with Crippen LogP contribution in [-0.4, -0.2) is 30.8 Å². The molecule has 4 heteroatoms. The lowest BCUT2D eigenvalue weighted by Crippen LogP contribution is -2.40. The van der Waals surface area contributed by atoms with Crippen molar-refractivity contribution in [3.63, 3.8) is 0 Å². The highest BCUT2D eigenvalue weighted by molar-refractivity contribution is 7.99. The predicted octanol–water partition coefficient (Wildman–Crippen LogP) is 1.99. The summed E-state index contributed by atoms with van der Waals surface area (Å²) >= 11 is 1.77. The standard InChI is InChI=1S/C14H20N2OS/c1-3-15-10(2)8-16-14(17)12-9-18-13-7-5-4-6-11(12)13/h4-7,10,12,15H,3,8-9H2,1-2H3,(H,16,17)/t10-,12?/m1/s1. The van der Waals surface area contributed by atoms with Crippen LogP contribution in [0.3, 0.4) is 0 Å². The lowest BCUT2D eigenvalue weighted by Gasteiger charge is -2.16. The first-order valence-corrected chi connectivity index (χ1v) is 7.43. The van der Waals surface area contributed by atoms with Crippen LogP contribution in [0.15, 0.2) is 29.2 Å². The Kier molecular flexibility index (Phi) is 4.66. The number of hydrogen-bond donors (Lipinski definition) is 2. The van der Waals surface area contributed by atoms with Crippen molar-refractivity contribution in [2.75, 3.05) is 18.8 Å². The zero-order chi connectivity index (χ0) is 13.0. The Morgan fingerprint density at radius 2 is 2.28 bits per heavy atom. The second-order valence-corrected chi connectivity index (χ2v) is 5.67. The molecule has 2 rings (SSSR count). The molecule has 1 unspecified atom stereocenters. The molecule has 0 saturated carbocycles. The number of fused-ring (bicyclic) bond motifs is 1. The fourth-order valence-electron chi connectivity index (χ4n) is 2.18. The Labute approximate surface area is 113 Å². The maximum Gasteiger partial charge on any atom is 0.228 e. The van der Waals surface area contributed by atoms with Crippen LogP contribution in [0, 0.1) is 0 Å². The van der Waals surface area contributed by atoms with Crippen LogP contribution in [0.2, 0.25) is 0 Å². The van der Waals surface area contributed by atoms with E-state index in [0.717, 1.165) is 12.3 Å². The molecule has 0 aliphatic carbocycles. The van der Waals surface area contributed by atoms with Gasteiger partial charge in [0.05, 0.1) is 5.92 Å². The van der Waals surface area contributed by atoms with Gasteiger partial charge < -0.3 is 10.6 Å². The molecule has 3 nitrogen and oxygen atoms in total. The Morgan fingerprint density at radius 3 is 3.06 bits per heavy atom. The average Bonchev–Trinajstić information content (AvgIpc) is 2.80. The topological polar surface area (TPSA) is 41.1 Å². The summed E-state index contributed by atoms with van der Waals surface area (Å²) in [5.41, 5.74) is 1.18.